The first-order valence-electron chi connectivity index (χ1n) is 6.43. The zero-order valence-electron chi connectivity index (χ0n) is 11.0. The second-order valence-electron chi connectivity index (χ2n) is 5.75. The van der Waals surface area contributed by atoms with Gasteiger partial charge < -0.3 is 9.64 Å². The first kappa shape index (κ1) is 14.5. The molecule has 0 bridgehead atoms. The summed E-state index contributed by atoms with van der Waals surface area (Å²) in [5.41, 5.74) is 0.00501. The zero-order valence-corrected chi connectivity index (χ0v) is 12.6. The van der Waals surface area contributed by atoms with Crippen LogP contribution in [0, 0.1) is 5.92 Å². The number of likely N-dealkylation sites (tertiary alicyclic amines) is 1. The molecule has 2 nitrogen and oxygen atoms in total. The Balaban J connectivity index is 2.16. The van der Waals surface area contributed by atoms with Crippen LogP contribution in [0.1, 0.15) is 40.0 Å². The standard InChI is InChI=1S/C13H26BrNO/c1-13(2,3)16-10-9-15-8-4-5-12(11-15)6-7-14/h12H,4-11H2,1-3H3. The van der Waals surface area contributed by atoms with E-state index in [-0.39, 0.29) is 5.60 Å². The number of nitrogens with zero attached hydrogens (tertiary/aromatic N) is 1. The lowest BCUT2D eigenvalue weighted by atomic mass is 9.96. The van der Waals surface area contributed by atoms with Crippen LogP contribution in [-0.4, -0.2) is 42.1 Å². The van der Waals surface area contributed by atoms with Gasteiger partial charge in [-0.1, -0.05) is 15.9 Å². The van der Waals surface area contributed by atoms with Crippen LogP contribution < -0.4 is 0 Å². The molecule has 1 fully saturated rings. The fourth-order valence-corrected chi connectivity index (χ4v) is 2.87. The Hall–Kier alpha value is 0.400. The first-order chi connectivity index (χ1) is 7.51. The number of hydrogen-bond acceptors (Lipinski definition) is 2. The predicted molar refractivity (Wildman–Crippen MR) is 73.3 cm³/mol. The topological polar surface area (TPSA) is 12.5 Å². The number of alkyl halides is 1. The summed E-state index contributed by atoms with van der Waals surface area (Å²) in [6.45, 7) is 10.8. The van der Waals surface area contributed by atoms with Crippen molar-refractivity contribution in [2.45, 2.75) is 45.6 Å². The Labute approximate surface area is 109 Å². The SMILES string of the molecule is CC(C)(C)OCCN1CCCC(CCBr)C1. The van der Waals surface area contributed by atoms with Gasteiger partial charge >= 0.3 is 0 Å². The normalized spacial score (nSPS) is 23.6. The average Bonchev–Trinajstić information content (AvgIpc) is 2.17. The minimum absolute atomic E-state index is 0.00501. The summed E-state index contributed by atoms with van der Waals surface area (Å²) in [6.07, 6.45) is 4.08. The maximum absolute atomic E-state index is 5.78. The van der Waals surface area contributed by atoms with Crippen LogP contribution in [0.5, 0.6) is 0 Å². The molecule has 0 aromatic rings. The highest BCUT2D eigenvalue weighted by atomic mass is 79.9. The van der Waals surface area contributed by atoms with Crippen LogP contribution in [0.3, 0.4) is 0 Å². The van der Waals surface area contributed by atoms with E-state index in [1.54, 1.807) is 0 Å². The molecule has 1 aliphatic rings. The van der Waals surface area contributed by atoms with Gasteiger partial charge in [0.15, 0.2) is 0 Å². The molecule has 0 N–H and O–H groups in total. The third-order valence-corrected chi connectivity index (χ3v) is 3.52. The van der Waals surface area contributed by atoms with Gasteiger partial charge in [0.2, 0.25) is 0 Å². The van der Waals surface area contributed by atoms with Crippen molar-refractivity contribution in [1.82, 2.24) is 4.90 Å². The summed E-state index contributed by atoms with van der Waals surface area (Å²) in [5, 5.41) is 1.14. The van der Waals surface area contributed by atoms with Gasteiger partial charge in [-0.2, -0.15) is 0 Å². The number of piperidine rings is 1. The highest BCUT2D eigenvalue weighted by Gasteiger charge is 2.19. The Morgan fingerprint density at radius 1 is 1.38 bits per heavy atom. The number of hydrogen-bond donors (Lipinski definition) is 0. The molecule has 0 radical (unpaired) electrons. The molecule has 0 amide bonds. The Kier molecular flexibility index (Phi) is 6.30. The van der Waals surface area contributed by atoms with Crippen LogP contribution >= 0.6 is 15.9 Å². The molecule has 1 saturated heterocycles. The van der Waals surface area contributed by atoms with Gasteiger partial charge in [0.1, 0.15) is 0 Å². The summed E-state index contributed by atoms with van der Waals surface area (Å²) >= 11 is 3.54. The molecule has 0 spiro atoms. The van der Waals surface area contributed by atoms with Crippen molar-refractivity contribution in [3.05, 3.63) is 0 Å². The highest BCUT2D eigenvalue weighted by Crippen LogP contribution is 2.20. The van der Waals surface area contributed by atoms with Crippen molar-refractivity contribution in [2.24, 2.45) is 5.92 Å². The molecule has 1 unspecified atom stereocenters. The minimum atomic E-state index is 0.00501. The molecule has 0 saturated carbocycles. The average molecular weight is 292 g/mol. The molecule has 16 heavy (non-hydrogen) atoms. The van der Waals surface area contributed by atoms with E-state index in [0.29, 0.717) is 0 Å². The number of halogens is 1. The summed E-state index contributed by atoms with van der Waals surface area (Å²) in [4.78, 5) is 2.56. The molecule has 0 aromatic heterocycles. The molecule has 1 rings (SSSR count). The zero-order chi connectivity index (χ0) is 12.0. The van der Waals surface area contributed by atoms with Crippen LogP contribution in [0.2, 0.25) is 0 Å². The number of rotatable bonds is 5. The van der Waals surface area contributed by atoms with E-state index in [2.05, 4.69) is 41.6 Å². The van der Waals surface area contributed by atoms with Gasteiger partial charge in [-0.15, -0.1) is 0 Å². The van der Waals surface area contributed by atoms with Crippen molar-refractivity contribution in [3.8, 4) is 0 Å². The Morgan fingerprint density at radius 3 is 2.75 bits per heavy atom. The maximum atomic E-state index is 5.78. The van der Waals surface area contributed by atoms with Crippen LogP contribution in [0.4, 0.5) is 0 Å². The molecule has 1 aliphatic heterocycles. The van der Waals surface area contributed by atoms with Gasteiger partial charge in [-0.3, -0.25) is 0 Å². The second-order valence-corrected chi connectivity index (χ2v) is 6.54. The molecule has 0 aliphatic carbocycles. The highest BCUT2D eigenvalue weighted by molar-refractivity contribution is 9.09. The van der Waals surface area contributed by atoms with Crippen LogP contribution in [0.15, 0.2) is 0 Å². The Morgan fingerprint density at radius 2 is 2.12 bits per heavy atom. The van der Waals surface area contributed by atoms with Crippen molar-refractivity contribution in [2.75, 3.05) is 31.6 Å². The lowest BCUT2D eigenvalue weighted by molar-refractivity contribution is -0.0171. The fourth-order valence-electron chi connectivity index (χ4n) is 2.23. The lowest BCUT2D eigenvalue weighted by Crippen LogP contribution is -2.38. The smallest absolute Gasteiger partial charge is 0.0600 e. The van der Waals surface area contributed by atoms with E-state index >= 15 is 0 Å². The molecular weight excluding hydrogens is 266 g/mol. The van der Waals surface area contributed by atoms with Crippen molar-refractivity contribution < 1.29 is 4.74 Å². The van der Waals surface area contributed by atoms with Crippen molar-refractivity contribution in [1.29, 1.82) is 0 Å². The van der Waals surface area contributed by atoms with E-state index in [1.807, 2.05) is 0 Å². The largest absolute Gasteiger partial charge is 0.375 e. The molecule has 3 heteroatoms. The van der Waals surface area contributed by atoms with E-state index in [4.69, 9.17) is 4.74 Å². The first-order valence-corrected chi connectivity index (χ1v) is 7.55. The van der Waals surface area contributed by atoms with Gasteiger partial charge in [0.05, 0.1) is 12.2 Å². The van der Waals surface area contributed by atoms with Crippen LogP contribution in [0.25, 0.3) is 0 Å². The Bertz CT molecular complexity index is 189. The minimum Gasteiger partial charge on any atom is -0.375 e. The summed E-state index contributed by atoms with van der Waals surface area (Å²) in [5.74, 6) is 0.891. The number of ether oxygens (including phenoxy) is 1. The van der Waals surface area contributed by atoms with E-state index < -0.39 is 0 Å². The summed E-state index contributed by atoms with van der Waals surface area (Å²) in [6, 6.07) is 0. The van der Waals surface area contributed by atoms with E-state index in [9.17, 15) is 0 Å². The van der Waals surface area contributed by atoms with E-state index in [0.717, 1.165) is 24.4 Å². The molecule has 1 atom stereocenters. The molecule has 1 heterocycles. The van der Waals surface area contributed by atoms with E-state index in [1.165, 1.54) is 32.4 Å². The summed E-state index contributed by atoms with van der Waals surface area (Å²) < 4.78 is 5.78. The van der Waals surface area contributed by atoms with Gasteiger partial charge in [0, 0.05) is 18.4 Å². The maximum Gasteiger partial charge on any atom is 0.0600 e. The van der Waals surface area contributed by atoms with Gasteiger partial charge in [-0.05, 0) is 52.5 Å². The molecular formula is C13H26BrNO. The monoisotopic (exact) mass is 291 g/mol. The fraction of sp³-hybridized carbons (Fsp3) is 1.00. The predicted octanol–water partition coefficient (Wildman–Crippen LogP) is 3.30. The van der Waals surface area contributed by atoms with Gasteiger partial charge in [-0.25, -0.2) is 0 Å². The third-order valence-electron chi connectivity index (χ3n) is 3.06. The molecule has 0 aromatic carbocycles. The van der Waals surface area contributed by atoms with Crippen LogP contribution in [-0.2, 0) is 4.74 Å². The van der Waals surface area contributed by atoms with Crippen molar-refractivity contribution in [3.63, 3.8) is 0 Å². The van der Waals surface area contributed by atoms with Gasteiger partial charge in [0.25, 0.3) is 0 Å². The lowest BCUT2D eigenvalue weighted by Gasteiger charge is -2.33. The van der Waals surface area contributed by atoms with Crippen molar-refractivity contribution >= 4 is 15.9 Å². The quantitative estimate of drug-likeness (QED) is 0.721. The summed E-state index contributed by atoms with van der Waals surface area (Å²) in [7, 11) is 0. The second kappa shape index (κ2) is 6.97. The molecule has 96 valence electrons. The third kappa shape index (κ3) is 6.21.